The van der Waals surface area contributed by atoms with Gasteiger partial charge in [-0.05, 0) is 37.6 Å². The lowest BCUT2D eigenvalue weighted by molar-refractivity contribution is 0.0143. The molecular weight excluding hydrogens is 521 g/mol. The largest absolute Gasteiger partial charge is 0.387 e. The van der Waals surface area contributed by atoms with E-state index in [2.05, 4.69) is 25.6 Å². The normalized spacial score (nSPS) is 20.2. The summed E-state index contributed by atoms with van der Waals surface area (Å²) in [5.41, 5.74) is 1.99. The van der Waals surface area contributed by atoms with Crippen LogP contribution in [0.3, 0.4) is 0 Å². The molecule has 9 nitrogen and oxygen atoms in total. The number of rotatable bonds is 6. The summed E-state index contributed by atoms with van der Waals surface area (Å²) >= 11 is 0. The van der Waals surface area contributed by atoms with Gasteiger partial charge in [0, 0.05) is 43.2 Å². The molecule has 1 aliphatic heterocycles. The van der Waals surface area contributed by atoms with Gasteiger partial charge in [0.15, 0.2) is 23.3 Å². The summed E-state index contributed by atoms with van der Waals surface area (Å²) in [5.74, 6) is -3.31. The molecule has 40 heavy (non-hydrogen) atoms. The SMILES string of the molecule is CN(c1nc(-c2ccnc(Nc3nc(F)c(F)cc3F)c2)nc2cncc(C3=CC=C3)c12)C1CCNCC1(C)O. The molecule has 5 heterocycles. The summed E-state index contributed by atoms with van der Waals surface area (Å²) in [6.45, 7) is 2.99. The van der Waals surface area contributed by atoms with Crippen LogP contribution in [0.2, 0.25) is 0 Å². The van der Waals surface area contributed by atoms with Crippen molar-refractivity contribution in [2.45, 2.75) is 25.0 Å². The van der Waals surface area contributed by atoms with Gasteiger partial charge >= 0.3 is 0 Å². The van der Waals surface area contributed by atoms with Gasteiger partial charge in [-0.2, -0.15) is 9.37 Å². The first-order chi connectivity index (χ1) is 19.2. The monoisotopic (exact) mass is 546 g/mol. The third-order valence-corrected chi connectivity index (χ3v) is 7.20. The molecule has 2 aliphatic rings. The number of β-amino-alcohol motifs (C(OH)–C–C–N with tert-alkyl or cyclic N) is 1. The van der Waals surface area contributed by atoms with Gasteiger partial charge in [-0.3, -0.25) is 4.98 Å². The zero-order valence-electron chi connectivity index (χ0n) is 21.7. The molecule has 0 radical (unpaired) electrons. The highest BCUT2D eigenvalue weighted by molar-refractivity contribution is 6.02. The van der Waals surface area contributed by atoms with E-state index in [1.807, 2.05) is 30.2 Å². The van der Waals surface area contributed by atoms with Gasteiger partial charge in [-0.1, -0.05) is 18.2 Å². The molecule has 4 aromatic heterocycles. The minimum atomic E-state index is -1.43. The fraction of sp³-hybridized carbons (Fsp3) is 0.250. The van der Waals surface area contributed by atoms with Crippen molar-refractivity contribution < 1.29 is 18.3 Å². The highest BCUT2D eigenvalue weighted by Crippen LogP contribution is 2.37. The van der Waals surface area contributed by atoms with E-state index in [9.17, 15) is 18.3 Å². The Morgan fingerprint density at radius 2 is 1.95 bits per heavy atom. The number of likely N-dealkylation sites (N-methyl/N-ethyl adjacent to an activating group) is 1. The van der Waals surface area contributed by atoms with Crippen LogP contribution in [-0.2, 0) is 0 Å². The van der Waals surface area contributed by atoms with E-state index in [1.165, 1.54) is 6.20 Å². The van der Waals surface area contributed by atoms with Gasteiger partial charge in [0.1, 0.15) is 11.6 Å². The maximum atomic E-state index is 14.2. The van der Waals surface area contributed by atoms with Crippen LogP contribution in [0.25, 0.3) is 27.9 Å². The first kappa shape index (κ1) is 25.8. The van der Waals surface area contributed by atoms with Gasteiger partial charge in [0.25, 0.3) is 5.95 Å². The number of fused-ring (bicyclic) bond motifs is 1. The van der Waals surface area contributed by atoms with Gasteiger partial charge in [-0.25, -0.2) is 23.7 Å². The number of halogens is 3. The van der Waals surface area contributed by atoms with Crippen molar-refractivity contribution in [1.82, 2.24) is 30.2 Å². The van der Waals surface area contributed by atoms with Gasteiger partial charge < -0.3 is 20.6 Å². The van der Waals surface area contributed by atoms with Crippen molar-refractivity contribution >= 4 is 33.9 Å². The van der Waals surface area contributed by atoms with E-state index in [0.717, 1.165) is 23.1 Å². The molecule has 1 saturated heterocycles. The van der Waals surface area contributed by atoms with Crippen molar-refractivity contribution in [1.29, 1.82) is 0 Å². The number of aliphatic hydroxyl groups is 1. The molecule has 1 fully saturated rings. The second-order valence-electron chi connectivity index (χ2n) is 10.0. The average Bonchev–Trinajstić information content (AvgIpc) is 2.90. The molecule has 6 rings (SSSR count). The minimum absolute atomic E-state index is 0.131. The van der Waals surface area contributed by atoms with Crippen LogP contribution in [0.5, 0.6) is 0 Å². The van der Waals surface area contributed by atoms with E-state index in [-0.39, 0.29) is 11.9 Å². The number of piperidine rings is 1. The average molecular weight is 547 g/mol. The minimum Gasteiger partial charge on any atom is -0.387 e. The van der Waals surface area contributed by atoms with E-state index in [4.69, 9.17) is 9.97 Å². The molecule has 12 heteroatoms. The molecule has 4 aromatic rings. The molecule has 2 unspecified atom stereocenters. The molecule has 0 spiro atoms. The fourth-order valence-electron chi connectivity index (χ4n) is 5.10. The number of hydrogen-bond acceptors (Lipinski definition) is 9. The van der Waals surface area contributed by atoms with Gasteiger partial charge in [0.05, 0.1) is 28.7 Å². The highest BCUT2D eigenvalue weighted by Gasteiger charge is 2.38. The lowest BCUT2D eigenvalue weighted by Gasteiger charge is -2.43. The Hall–Kier alpha value is -4.42. The Morgan fingerprint density at radius 3 is 2.70 bits per heavy atom. The predicted octanol–water partition coefficient (Wildman–Crippen LogP) is 4.15. The van der Waals surface area contributed by atoms with E-state index >= 15 is 0 Å². The van der Waals surface area contributed by atoms with Crippen molar-refractivity contribution in [2.75, 3.05) is 30.4 Å². The zero-order valence-corrected chi connectivity index (χ0v) is 21.7. The van der Waals surface area contributed by atoms with Crippen molar-refractivity contribution in [3.63, 3.8) is 0 Å². The molecule has 2 atom stereocenters. The Balaban J connectivity index is 1.46. The van der Waals surface area contributed by atoms with Crippen LogP contribution in [-0.4, -0.2) is 61.8 Å². The van der Waals surface area contributed by atoms with Gasteiger partial charge in [-0.15, -0.1) is 0 Å². The van der Waals surface area contributed by atoms with Crippen LogP contribution in [0, 0.1) is 17.6 Å². The Kier molecular flexibility index (Phi) is 6.43. The van der Waals surface area contributed by atoms with E-state index in [1.54, 1.807) is 31.5 Å². The number of aromatic nitrogens is 5. The third-order valence-electron chi connectivity index (χ3n) is 7.20. The molecule has 0 bridgehead atoms. The zero-order chi connectivity index (χ0) is 28.0. The second kappa shape index (κ2) is 9.96. The van der Waals surface area contributed by atoms with Crippen molar-refractivity contribution in [3.05, 3.63) is 78.2 Å². The predicted molar refractivity (Wildman–Crippen MR) is 145 cm³/mol. The molecule has 0 amide bonds. The van der Waals surface area contributed by atoms with E-state index < -0.39 is 29.0 Å². The van der Waals surface area contributed by atoms with Crippen LogP contribution >= 0.6 is 0 Å². The smallest absolute Gasteiger partial charge is 0.251 e. The fourth-order valence-corrected chi connectivity index (χ4v) is 5.10. The number of allylic oxidation sites excluding steroid dienone is 4. The standard InChI is InChI=1S/C28H25F3N8O/c1-28(40)14-32-8-7-21(28)39(2)27-23-17(15-4-3-5-15)12-33-13-20(23)35-25(38-27)16-6-9-34-22(10-16)36-26-19(30)11-18(29)24(31)37-26/h3-6,9-13,21,32,40H,7-8,14H2,1-2H3,(H,34,36,37). The first-order valence-corrected chi connectivity index (χ1v) is 12.7. The number of anilines is 3. The summed E-state index contributed by atoms with van der Waals surface area (Å²) in [6, 6.07) is 3.42. The van der Waals surface area contributed by atoms with Crippen LogP contribution < -0.4 is 15.5 Å². The van der Waals surface area contributed by atoms with Gasteiger partial charge in [0.2, 0.25) is 0 Å². The van der Waals surface area contributed by atoms with Crippen molar-refractivity contribution in [2.24, 2.45) is 0 Å². The lowest BCUT2D eigenvalue weighted by atomic mass is 9.88. The third kappa shape index (κ3) is 4.65. The summed E-state index contributed by atoms with van der Waals surface area (Å²) in [4.78, 5) is 23.6. The number of pyridine rings is 3. The molecular formula is C28H25F3N8O. The highest BCUT2D eigenvalue weighted by atomic mass is 19.2. The maximum Gasteiger partial charge on any atom is 0.251 e. The summed E-state index contributed by atoms with van der Waals surface area (Å²) in [6.07, 6.45) is 11.5. The van der Waals surface area contributed by atoms with Crippen LogP contribution in [0.1, 0.15) is 18.9 Å². The van der Waals surface area contributed by atoms with Crippen LogP contribution in [0.15, 0.2) is 55.0 Å². The number of nitrogens with zero attached hydrogens (tertiary/aromatic N) is 6. The lowest BCUT2D eigenvalue weighted by Crippen LogP contribution is -2.59. The topological polar surface area (TPSA) is 112 Å². The van der Waals surface area contributed by atoms with Crippen LogP contribution in [0.4, 0.5) is 30.6 Å². The summed E-state index contributed by atoms with van der Waals surface area (Å²) < 4.78 is 41.2. The summed E-state index contributed by atoms with van der Waals surface area (Å²) in [5, 5.41) is 17.8. The Bertz CT molecular complexity index is 1690. The molecule has 0 saturated carbocycles. The quantitative estimate of drug-likeness (QED) is 0.307. The van der Waals surface area contributed by atoms with Crippen molar-refractivity contribution in [3.8, 4) is 11.4 Å². The van der Waals surface area contributed by atoms with E-state index in [0.29, 0.717) is 41.8 Å². The summed E-state index contributed by atoms with van der Waals surface area (Å²) in [7, 11) is 1.91. The Morgan fingerprint density at radius 1 is 1.12 bits per heavy atom. The first-order valence-electron chi connectivity index (χ1n) is 12.7. The number of nitrogens with one attached hydrogen (secondary N) is 2. The number of hydrogen-bond donors (Lipinski definition) is 3. The molecule has 3 N–H and O–H groups in total. The maximum absolute atomic E-state index is 14.2. The molecule has 0 aromatic carbocycles. The molecule has 204 valence electrons. The Labute approximate surface area is 227 Å². The molecule has 1 aliphatic carbocycles. The second-order valence-corrected chi connectivity index (χ2v) is 10.0.